The fourth-order valence-corrected chi connectivity index (χ4v) is 4.29. The molecule has 0 saturated carbocycles. The van der Waals surface area contributed by atoms with E-state index in [1.165, 1.54) is 11.0 Å². The van der Waals surface area contributed by atoms with Crippen LogP contribution in [0.25, 0.3) is 11.1 Å². The first kappa shape index (κ1) is 20.7. The molecule has 0 radical (unpaired) electrons. The summed E-state index contributed by atoms with van der Waals surface area (Å²) in [5.41, 5.74) is 4.43. The van der Waals surface area contributed by atoms with E-state index in [-0.39, 0.29) is 19.1 Å². The summed E-state index contributed by atoms with van der Waals surface area (Å²) in [4.78, 5) is 38.3. The second-order valence-corrected chi connectivity index (χ2v) is 7.53. The molecule has 1 N–H and O–H groups in total. The van der Waals surface area contributed by atoms with E-state index in [0.29, 0.717) is 19.4 Å². The van der Waals surface area contributed by atoms with Crippen molar-refractivity contribution in [1.82, 2.24) is 10.2 Å². The lowest BCUT2D eigenvalue weighted by Crippen LogP contribution is -2.48. The number of hydrogen-bond donors (Lipinski definition) is 1. The molecule has 2 aromatic rings. The normalized spacial score (nSPS) is 16.9. The number of fused-ring (bicyclic) bond motifs is 3. The van der Waals surface area contributed by atoms with Crippen LogP contribution in [0.1, 0.15) is 29.9 Å². The van der Waals surface area contributed by atoms with Crippen LogP contribution in [-0.2, 0) is 14.3 Å². The van der Waals surface area contributed by atoms with E-state index in [1.54, 1.807) is 0 Å². The van der Waals surface area contributed by atoms with Crippen LogP contribution in [0, 0.1) is 0 Å². The number of imide groups is 1. The van der Waals surface area contributed by atoms with Gasteiger partial charge in [-0.05, 0) is 35.1 Å². The lowest BCUT2D eigenvalue weighted by Gasteiger charge is -2.23. The summed E-state index contributed by atoms with van der Waals surface area (Å²) in [6, 6.07) is 14.7. The monoisotopic (exact) mass is 420 g/mol. The predicted octanol–water partition coefficient (Wildman–Crippen LogP) is 3.84. The molecular formula is C24H24N2O5. The number of ether oxygens (including phenoxy) is 2. The number of hydrogen-bond acceptors (Lipinski definition) is 5. The Morgan fingerprint density at radius 1 is 1.03 bits per heavy atom. The van der Waals surface area contributed by atoms with Crippen molar-refractivity contribution in [2.45, 2.75) is 24.8 Å². The van der Waals surface area contributed by atoms with Gasteiger partial charge >= 0.3 is 18.1 Å². The van der Waals surface area contributed by atoms with Gasteiger partial charge in [0, 0.05) is 12.5 Å². The maximum Gasteiger partial charge on any atom is 0.415 e. The van der Waals surface area contributed by atoms with Gasteiger partial charge < -0.3 is 14.4 Å². The number of alkyl carbamates (subject to hydrolysis) is 1. The van der Waals surface area contributed by atoms with Gasteiger partial charge in [0.2, 0.25) is 0 Å². The number of amides is 3. The number of likely N-dealkylation sites (tertiary alicyclic amines) is 1. The van der Waals surface area contributed by atoms with E-state index < -0.39 is 24.1 Å². The predicted molar refractivity (Wildman–Crippen MR) is 114 cm³/mol. The summed E-state index contributed by atoms with van der Waals surface area (Å²) in [5, 5.41) is 2.23. The van der Waals surface area contributed by atoms with Gasteiger partial charge in [0.25, 0.3) is 0 Å². The number of carbonyl (C=O) groups excluding carboxylic acids is 3. The first-order valence-electron chi connectivity index (χ1n) is 10.3. The summed E-state index contributed by atoms with van der Waals surface area (Å²) in [6.45, 7) is 4.06. The maximum absolute atomic E-state index is 12.5. The smallest absolute Gasteiger partial charge is 0.415 e. The second kappa shape index (κ2) is 9.04. The van der Waals surface area contributed by atoms with Crippen molar-refractivity contribution < 1.29 is 23.9 Å². The quantitative estimate of drug-likeness (QED) is 0.587. The van der Waals surface area contributed by atoms with Gasteiger partial charge in [-0.15, -0.1) is 0 Å². The van der Waals surface area contributed by atoms with Gasteiger partial charge in [-0.3, -0.25) is 0 Å². The van der Waals surface area contributed by atoms with Gasteiger partial charge in [-0.25, -0.2) is 19.7 Å². The molecule has 0 spiro atoms. The van der Waals surface area contributed by atoms with Crippen molar-refractivity contribution in [2.24, 2.45) is 0 Å². The van der Waals surface area contributed by atoms with Crippen molar-refractivity contribution in [2.75, 3.05) is 19.8 Å². The zero-order chi connectivity index (χ0) is 21.8. The molecule has 2 aliphatic rings. The number of rotatable bonds is 5. The van der Waals surface area contributed by atoms with Crippen LogP contribution in [0.3, 0.4) is 0 Å². The first-order chi connectivity index (χ1) is 15.1. The van der Waals surface area contributed by atoms with Crippen LogP contribution in [0.15, 0.2) is 61.2 Å². The van der Waals surface area contributed by atoms with E-state index in [4.69, 9.17) is 9.47 Å². The van der Waals surface area contributed by atoms with E-state index in [2.05, 4.69) is 24.0 Å². The van der Waals surface area contributed by atoms with Crippen molar-refractivity contribution in [3.63, 3.8) is 0 Å². The first-order valence-corrected chi connectivity index (χ1v) is 10.3. The Labute approximate surface area is 180 Å². The number of nitrogens with one attached hydrogen (secondary N) is 1. The minimum atomic E-state index is -0.836. The highest BCUT2D eigenvalue weighted by Gasteiger charge is 2.36. The molecule has 0 bridgehead atoms. The summed E-state index contributed by atoms with van der Waals surface area (Å²) >= 11 is 0. The van der Waals surface area contributed by atoms with Gasteiger partial charge in [0.1, 0.15) is 19.3 Å². The fraction of sp³-hybridized carbons (Fsp3) is 0.292. The molecule has 1 atom stereocenters. The molecule has 1 heterocycles. The van der Waals surface area contributed by atoms with Gasteiger partial charge in [-0.2, -0.15) is 0 Å². The van der Waals surface area contributed by atoms with Crippen LogP contribution >= 0.6 is 0 Å². The SMILES string of the molecule is C=CCOC(=O)C1CCCN1C(=O)NC(=O)OCC1c2ccccc2-c2ccccc21. The largest absolute Gasteiger partial charge is 0.460 e. The van der Waals surface area contributed by atoms with E-state index >= 15 is 0 Å². The van der Waals surface area contributed by atoms with Crippen LogP contribution in [-0.4, -0.2) is 48.8 Å². The van der Waals surface area contributed by atoms with E-state index in [1.807, 2.05) is 36.4 Å². The van der Waals surface area contributed by atoms with Gasteiger partial charge in [0.05, 0.1) is 0 Å². The van der Waals surface area contributed by atoms with Crippen LogP contribution in [0.2, 0.25) is 0 Å². The van der Waals surface area contributed by atoms with Gasteiger partial charge in [0.15, 0.2) is 0 Å². The molecule has 1 fully saturated rings. The summed E-state index contributed by atoms with van der Waals surface area (Å²) in [5.74, 6) is -0.596. The lowest BCUT2D eigenvalue weighted by molar-refractivity contribution is -0.146. The molecule has 1 saturated heterocycles. The van der Waals surface area contributed by atoms with Crippen LogP contribution < -0.4 is 5.32 Å². The molecule has 7 nitrogen and oxygen atoms in total. The third kappa shape index (κ3) is 4.17. The zero-order valence-electron chi connectivity index (χ0n) is 17.1. The minimum Gasteiger partial charge on any atom is -0.460 e. The number of benzene rings is 2. The number of urea groups is 1. The molecule has 1 unspecified atom stereocenters. The summed E-state index contributed by atoms with van der Waals surface area (Å²) in [6.07, 6.45) is 1.78. The number of esters is 1. The molecule has 4 rings (SSSR count). The van der Waals surface area contributed by atoms with Crippen LogP contribution in [0.4, 0.5) is 9.59 Å². The van der Waals surface area contributed by atoms with Crippen molar-refractivity contribution in [3.05, 3.63) is 72.3 Å². The third-order valence-electron chi connectivity index (χ3n) is 5.68. The highest BCUT2D eigenvalue weighted by Crippen LogP contribution is 2.44. The molecule has 0 aromatic heterocycles. The Morgan fingerprint density at radius 2 is 1.68 bits per heavy atom. The molecule has 1 aliphatic carbocycles. The average molecular weight is 420 g/mol. The van der Waals surface area contributed by atoms with E-state index in [0.717, 1.165) is 22.3 Å². The van der Waals surface area contributed by atoms with E-state index in [9.17, 15) is 14.4 Å². The molecule has 160 valence electrons. The Kier molecular flexibility index (Phi) is 6.02. The molecule has 3 amide bonds. The molecule has 7 heteroatoms. The zero-order valence-corrected chi connectivity index (χ0v) is 17.1. The Balaban J connectivity index is 1.37. The molecular weight excluding hydrogens is 396 g/mol. The van der Waals surface area contributed by atoms with Gasteiger partial charge in [-0.1, -0.05) is 61.2 Å². The maximum atomic E-state index is 12.5. The highest BCUT2D eigenvalue weighted by atomic mass is 16.6. The average Bonchev–Trinajstić information content (AvgIpc) is 3.39. The minimum absolute atomic E-state index is 0.0805. The Bertz CT molecular complexity index is 973. The number of nitrogens with zero attached hydrogens (tertiary/aromatic N) is 1. The highest BCUT2D eigenvalue weighted by molar-refractivity contribution is 5.93. The topological polar surface area (TPSA) is 84.9 Å². The van der Waals surface area contributed by atoms with Crippen molar-refractivity contribution >= 4 is 18.1 Å². The molecule has 2 aromatic carbocycles. The number of carbonyl (C=O) groups is 3. The van der Waals surface area contributed by atoms with Crippen molar-refractivity contribution in [1.29, 1.82) is 0 Å². The Morgan fingerprint density at radius 3 is 2.32 bits per heavy atom. The second-order valence-electron chi connectivity index (χ2n) is 7.53. The van der Waals surface area contributed by atoms with Crippen LogP contribution in [0.5, 0.6) is 0 Å². The third-order valence-corrected chi connectivity index (χ3v) is 5.68. The lowest BCUT2D eigenvalue weighted by atomic mass is 9.98. The molecule has 31 heavy (non-hydrogen) atoms. The molecule has 1 aliphatic heterocycles. The summed E-state index contributed by atoms with van der Waals surface area (Å²) in [7, 11) is 0. The standard InChI is InChI=1S/C24H24N2O5/c1-2-14-30-22(27)21-12-7-13-26(21)23(28)25-24(29)31-15-20-18-10-5-3-8-16(18)17-9-4-6-11-19(17)20/h2-6,8-11,20-21H,1,7,12-15H2,(H,25,28,29). The summed E-state index contributed by atoms with van der Waals surface area (Å²) < 4.78 is 10.5. The Hall–Kier alpha value is -3.61. The fourth-order valence-electron chi connectivity index (χ4n) is 4.29. The van der Waals surface area contributed by atoms with Crippen molar-refractivity contribution in [3.8, 4) is 11.1 Å².